The Morgan fingerprint density at radius 2 is 2.00 bits per heavy atom. The Morgan fingerprint density at radius 1 is 1.26 bits per heavy atom. The maximum Gasteiger partial charge on any atom is 0.298 e. The van der Waals surface area contributed by atoms with Crippen LogP contribution in [0.4, 0.5) is 0 Å². The van der Waals surface area contributed by atoms with Crippen LogP contribution >= 0.6 is 12.0 Å². The van der Waals surface area contributed by atoms with E-state index in [0.29, 0.717) is 22.3 Å². The van der Waals surface area contributed by atoms with Crippen molar-refractivity contribution in [3.8, 4) is 5.75 Å². The number of fused-ring (bicyclic) bond motifs is 1. The van der Waals surface area contributed by atoms with E-state index in [2.05, 4.69) is 9.37 Å². The van der Waals surface area contributed by atoms with Gasteiger partial charge in [0.05, 0.1) is 13.4 Å². The fraction of sp³-hybridized carbons (Fsp3) is 0. The van der Waals surface area contributed by atoms with Crippen LogP contribution in [-0.4, -0.2) is 23.3 Å². The average molecular weight is 305 g/mol. The van der Waals surface area contributed by atoms with Gasteiger partial charge in [-0.15, -0.1) is 4.33 Å². The lowest BCUT2D eigenvalue weighted by atomic mass is 10.1. The second-order valence-corrected chi connectivity index (χ2v) is 5.60. The van der Waals surface area contributed by atoms with Gasteiger partial charge in [-0.1, -0.05) is 11.1 Å². The number of rotatable bonds is 4. The normalized spacial score (nSPS) is 12.6. The van der Waals surface area contributed by atoms with Crippen molar-refractivity contribution in [3.05, 3.63) is 30.3 Å². The van der Waals surface area contributed by atoms with Gasteiger partial charge in [0.2, 0.25) is 0 Å². The SMILES string of the molecule is [2H]c1c(O)c(S(=O)(=O)O)cc2ccc(SOOO)cc12. The summed E-state index contributed by atoms with van der Waals surface area (Å²) < 4.78 is 43.1. The van der Waals surface area contributed by atoms with Crippen molar-refractivity contribution in [1.29, 1.82) is 0 Å². The van der Waals surface area contributed by atoms with E-state index in [1.54, 1.807) is 0 Å². The number of aromatic hydroxyl groups is 1. The molecule has 19 heavy (non-hydrogen) atoms. The molecule has 0 atom stereocenters. The molecule has 3 N–H and O–H groups in total. The fourth-order valence-corrected chi connectivity index (χ4v) is 2.44. The summed E-state index contributed by atoms with van der Waals surface area (Å²) in [6.07, 6.45) is 0. The van der Waals surface area contributed by atoms with Crippen molar-refractivity contribution < 1.29 is 34.1 Å². The Bertz CT molecular complexity index is 760. The van der Waals surface area contributed by atoms with Gasteiger partial charge >= 0.3 is 0 Å². The van der Waals surface area contributed by atoms with Crippen LogP contribution in [0, 0.1) is 0 Å². The molecule has 0 fully saturated rings. The summed E-state index contributed by atoms with van der Waals surface area (Å²) in [6.45, 7) is 0. The van der Waals surface area contributed by atoms with Crippen LogP contribution in [0.25, 0.3) is 10.8 Å². The van der Waals surface area contributed by atoms with E-state index >= 15 is 0 Å². The minimum absolute atomic E-state index is 0.237. The van der Waals surface area contributed by atoms with E-state index < -0.39 is 26.8 Å². The summed E-state index contributed by atoms with van der Waals surface area (Å²) in [4.78, 5) is -0.288. The minimum atomic E-state index is -4.62. The van der Waals surface area contributed by atoms with E-state index in [4.69, 9.17) is 11.2 Å². The molecule has 0 heterocycles. The highest BCUT2D eigenvalue weighted by Crippen LogP contribution is 2.31. The quantitative estimate of drug-likeness (QED) is 0.341. The second kappa shape index (κ2) is 5.33. The van der Waals surface area contributed by atoms with Gasteiger partial charge < -0.3 is 5.11 Å². The third kappa shape index (κ3) is 3.15. The van der Waals surface area contributed by atoms with Crippen molar-refractivity contribution in [3.63, 3.8) is 0 Å². The number of phenols is 1. The summed E-state index contributed by atoms with van der Waals surface area (Å²) in [6, 6.07) is 4.99. The molecule has 0 aromatic heterocycles. The van der Waals surface area contributed by atoms with Crippen LogP contribution in [0.2, 0.25) is 0 Å². The molecular formula is C10H8O7S2. The topological polar surface area (TPSA) is 113 Å². The molecule has 0 aliphatic rings. The van der Waals surface area contributed by atoms with Crippen LogP contribution in [0.1, 0.15) is 1.37 Å². The lowest BCUT2D eigenvalue weighted by Crippen LogP contribution is -1.98. The zero-order chi connectivity index (χ0) is 14.9. The molecule has 7 nitrogen and oxygen atoms in total. The molecule has 0 saturated carbocycles. The highest BCUT2D eigenvalue weighted by atomic mass is 32.2. The molecule has 0 radical (unpaired) electrons. The summed E-state index contributed by atoms with van der Waals surface area (Å²) in [5.41, 5.74) is 0. The molecule has 2 aromatic carbocycles. The summed E-state index contributed by atoms with van der Waals surface area (Å²) in [7, 11) is -4.62. The van der Waals surface area contributed by atoms with E-state index in [1.807, 2.05) is 0 Å². The van der Waals surface area contributed by atoms with Crippen molar-refractivity contribution in [2.24, 2.45) is 0 Å². The molecule has 9 heteroatoms. The van der Waals surface area contributed by atoms with Crippen LogP contribution in [0.3, 0.4) is 0 Å². The number of phenolic OH excluding ortho intramolecular Hbond substituents is 1. The molecule has 0 amide bonds. The van der Waals surface area contributed by atoms with E-state index in [1.165, 1.54) is 18.2 Å². The first-order chi connectivity index (χ1) is 9.34. The Labute approximate surface area is 113 Å². The third-order valence-electron chi connectivity index (χ3n) is 2.24. The van der Waals surface area contributed by atoms with Gasteiger partial charge in [0.25, 0.3) is 10.1 Å². The minimum Gasteiger partial charge on any atom is -0.506 e. The summed E-state index contributed by atoms with van der Waals surface area (Å²) >= 11 is 0.655. The third-order valence-corrected chi connectivity index (χ3v) is 3.68. The van der Waals surface area contributed by atoms with Gasteiger partial charge in [-0.2, -0.15) is 8.42 Å². The zero-order valence-corrected chi connectivity index (χ0v) is 10.7. The van der Waals surface area contributed by atoms with Gasteiger partial charge in [-0.25, -0.2) is 5.26 Å². The Balaban J connectivity index is 2.64. The highest BCUT2D eigenvalue weighted by Gasteiger charge is 2.16. The number of hydrogen-bond donors (Lipinski definition) is 3. The smallest absolute Gasteiger partial charge is 0.298 e. The Hall–Kier alpha value is -1.36. The predicted octanol–water partition coefficient (Wildman–Crippen LogP) is 2.22. The molecule has 102 valence electrons. The standard InChI is InChI=1S/C10H8O7S2/c11-9-4-7-3-8(18-17-16-12)2-1-6(7)5-10(9)19(13,14)15/h1-5,11-12H,(H,13,14,15)/i4D. The Morgan fingerprint density at radius 3 is 2.63 bits per heavy atom. The molecule has 0 saturated heterocycles. The van der Waals surface area contributed by atoms with Crippen molar-refractivity contribution in [2.45, 2.75) is 9.79 Å². The largest absolute Gasteiger partial charge is 0.506 e. The fourth-order valence-electron chi connectivity index (χ4n) is 1.47. The summed E-state index contributed by atoms with van der Waals surface area (Å²) in [5.74, 6) is -0.846. The number of hydrogen-bond acceptors (Lipinski definition) is 7. The molecule has 2 rings (SSSR count). The van der Waals surface area contributed by atoms with Gasteiger partial charge in [-0.05, 0) is 35.0 Å². The molecule has 0 unspecified atom stereocenters. The van der Waals surface area contributed by atoms with Gasteiger partial charge in [0, 0.05) is 4.90 Å². The van der Waals surface area contributed by atoms with Crippen molar-refractivity contribution in [2.75, 3.05) is 0 Å². The summed E-state index contributed by atoms with van der Waals surface area (Å²) in [5, 5.41) is 21.7. The maximum atomic E-state index is 11.1. The first-order valence-corrected chi connectivity index (χ1v) is 6.91. The van der Waals surface area contributed by atoms with Crippen LogP contribution in [-0.2, 0) is 19.5 Å². The molecular weight excluding hydrogens is 296 g/mol. The molecule has 0 bridgehead atoms. The monoisotopic (exact) mass is 305 g/mol. The Kier molecular flexibility index (Phi) is 3.55. The van der Waals surface area contributed by atoms with Crippen molar-refractivity contribution in [1.82, 2.24) is 0 Å². The molecule has 2 aromatic rings. The first-order valence-electron chi connectivity index (χ1n) is 5.23. The highest BCUT2D eigenvalue weighted by molar-refractivity contribution is 7.94. The van der Waals surface area contributed by atoms with Crippen molar-refractivity contribution >= 4 is 32.9 Å². The van der Waals surface area contributed by atoms with Crippen LogP contribution in [0.15, 0.2) is 40.1 Å². The lowest BCUT2D eigenvalue weighted by Gasteiger charge is -2.05. The van der Waals surface area contributed by atoms with Gasteiger partial charge in [0.15, 0.2) is 0 Å². The van der Waals surface area contributed by atoms with E-state index in [0.717, 1.165) is 6.07 Å². The molecule has 0 aliphatic carbocycles. The maximum absolute atomic E-state index is 11.1. The first kappa shape index (κ1) is 12.7. The predicted molar refractivity (Wildman–Crippen MR) is 66.1 cm³/mol. The van der Waals surface area contributed by atoms with Crippen LogP contribution in [0.5, 0.6) is 5.75 Å². The lowest BCUT2D eigenvalue weighted by molar-refractivity contribution is -0.432. The molecule has 0 aliphatic heterocycles. The van der Waals surface area contributed by atoms with Gasteiger partial charge in [-0.3, -0.25) is 4.55 Å². The number of benzene rings is 2. The van der Waals surface area contributed by atoms with Crippen LogP contribution < -0.4 is 0 Å². The van der Waals surface area contributed by atoms with Gasteiger partial charge in [0.1, 0.15) is 10.6 Å². The zero-order valence-electron chi connectivity index (χ0n) is 10.1. The van der Waals surface area contributed by atoms with E-state index in [9.17, 15) is 13.5 Å². The van der Waals surface area contributed by atoms with E-state index in [-0.39, 0.29) is 5.39 Å². The second-order valence-electron chi connectivity index (χ2n) is 3.43. The average Bonchev–Trinajstić information content (AvgIpc) is 2.39. The molecule has 0 spiro atoms.